The van der Waals surface area contributed by atoms with Gasteiger partial charge in [-0.1, -0.05) is 36.4 Å². The van der Waals surface area contributed by atoms with Gasteiger partial charge in [-0.3, -0.25) is 14.5 Å². The molecule has 3 rings (SSSR count). The van der Waals surface area contributed by atoms with Gasteiger partial charge in [0.05, 0.1) is 15.6 Å². The molecule has 2 aromatic rings. The molecule has 1 fully saturated rings. The molecule has 5 nitrogen and oxygen atoms in total. The van der Waals surface area contributed by atoms with E-state index >= 15 is 0 Å². The van der Waals surface area contributed by atoms with Crippen LogP contribution in [0, 0.1) is 3.57 Å². The molecule has 0 unspecified atom stereocenters. The molecule has 0 aromatic heterocycles. The number of imide groups is 1. The summed E-state index contributed by atoms with van der Waals surface area (Å²) in [4.78, 5) is 25.9. The van der Waals surface area contributed by atoms with Crippen LogP contribution in [0.15, 0.2) is 60.0 Å². The second-order valence-electron chi connectivity index (χ2n) is 5.89. The van der Waals surface area contributed by atoms with Crippen LogP contribution in [-0.4, -0.2) is 29.7 Å². The van der Waals surface area contributed by atoms with E-state index in [0.717, 1.165) is 26.5 Å². The average Bonchev–Trinajstić information content (AvgIpc) is 2.95. The monoisotopic (exact) mass is 507 g/mol. The minimum absolute atomic E-state index is 0.203. The largest absolute Gasteiger partial charge is 0.493 e. The van der Waals surface area contributed by atoms with Crippen LogP contribution in [0.25, 0.3) is 6.08 Å². The average molecular weight is 507 g/mol. The highest BCUT2D eigenvalue weighted by molar-refractivity contribution is 14.1. The Balaban J connectivity index is 1.84. The lowest BCUT2D eigenvalue weighted by Crippen LogP contribution is -2.27. The fourth-order valence-corrected chi connectivity index (χ4v) is 4.26. The zero-order valence-electron chi connectivity index (χ0n) is 15.2. The minimum Gasteiger partial charge on any atom is -0.493 e. The number of nitrogens with zero attached hydrogens (tertiary/aromatic N) is 1. The molecule has 1 heterocycles. The van der Waals surface area contributed by atoms with Crippen molar-refractivity contribution in [2.75, 3.05) is 13.7 Å². The first-order valence-corrected chi connectivity index (χ1v) is 10.3. The molecular formula is C21H18INO4S. The number of amides is 2. The molecule has 144 valence electrons. The van der Waals surface area contributed by atoms with Crippen LogP contribution >= 0.6 is 34.4 Å². The van der Waals surface area contributed by atoms with Gasteiger partial charge < -0.3 is 9.47 Å². The van der Waals surface area contributed by atoms with E-state index in [1.807, 2.05) is 36.4 Å². The molecule has 2 aromatic carbocycles. The normalized spacial score (nSPS) is 15.2. The van der Waals surface area contributed by atoms with E-state index < -0.39 is 0 Å². The number of hydrogen-bond acceptors (Lipinski definition) is 5. The summed E-state index contributed by atoms with van der Waals surface area (Å²) in [5.74, 6) is 0.900. The van der Waals surface area contributed by atoms with Crippen LogP contribution < -0.4 is 9.47 Å². The topological polar surface area (TPSA) is 55.8 Å². The van der Waals surface area contributed by atoms with Crippen molar-refractivity contribution >= 4 is 51.6 Å². The minimum atomic E-state index is -0.312. The van der Waals surface area contributed by atoms with Crippen molar-refractivity contribution in [2.24, 2.45) is 0 Å². The standard InChI is InChI=1S/C21H18INO4S/c1-3-9-23-20(24)18(28-21(23)25)12-15-10-16(22)19(17(11-15)26-2)27-13-14-7-5-4-6-8-14/h3-8,10-12H,1,9,13H2,2H3/b18-12+. The lowest BCUT2D eigenvalue weighted by atomic mass is 10.1. The number of rotatable bonds is 7. The Bertz CT molecular complexity index is 943. The van der Waals surface area contributed by atoms with Crippen molar-refractivity contribution in [3.8, 4) is 11.5 Å². The summed E-state index contributed by atoms with van der Waals surface area (Å²) in [5.41, 5.74) is 1.82. The third kappa shape index (κ3) is 4.59. The smallest absolute Gasteiger partial charge is 0.293 e. The van der Waals surface area contributed by atoms with E-state index in [9.17, 15) is 9.59 Å². The Kier molecular flexibility index (Phi) is 6.79. The summed E-state index contributed by atoms with van der Waals surface area (Å²) < 4.78 is 12.3. The van der Waals surface area contributed by atoms with Gasteiger partial charge in [0.2, 0.25) is 0 Å². The van der Waals surface area contributed by atoms with Gasteiger partial charge in [0.25, 0.3) is 11.1 Å². The molecule has 1 aliphatic rings. The van der Waals surface area contributed by atoms with E-state index in [1.165, 1.54) is 11.0 Å². The van der Waals surface area contributed by atoms with Crippen LogP contribution in [0.4, 0.5) is 4.79 Å². The molecular weight excluding hydrogens is 489 g/mol. The predicted octanol–water partition coefficient (Wildman–Crippen LogP) is 5.10. The summed E-state index contributed by atoms with van der Waals surface area (Å²) >= 11 is 3.10. The molecule has 1 saturated heterocycles. The number of halogens is 1. The molecule has 0 atom stereocenters. The second-order valence-corrected chi connectivity index (χ2v) is 8.04. The van der Waals surface area contributed by atoms with E-state index in [4.69, 9.17) is 9.47 Å². The Morgan fingerprint density at radius 3 is 2.64 bits per heavy atom. The van der Waals surface area contributed by atoms with Crippen molar-refractivity contribution in [3.63, 3.8) is 0 Å². The SMILES string of the molecule is C=CCN1C(=O)S/C(=C/c2cc(I)c(OCc3ccccc3)c(OC)c2)C1=O. The van der Waals surface area contributed by atoms with E-state index in [-0.39, 0.29) is 17.7 Å². The summed E-state index contributed by atoms with van der Waals surface area (Å²) in [6, 6.07) is 13.6. The van der Waals surface area contributed by atoms with Crippen LogP contribution in [0.2, 0.25) is 0 Å². The first-order chi connectivity index (χ1) is 13.5. The third-order valence-electron chi connectivity index (χ3n) is 3.96. The molecule has 0 spiro atoms. The Hall–Kier alpha value is -2.26. The van der Waals surface area contributed by atoms with Gasteiger partial charge in [0.15, 0.2) is 11.5 Å². The molecule has 0 N–H and O–H groups in total. The zero-order valence-corrected chi connectivity index (χ0v) is 18.2. The number of benzene rings is 2. The van der Waals surface area contributed by atoms with Crippen molar-refractivity contribution < 1.29 is 19.1 Å². The second kappa shape index (κ2) is 9.29. The summed E-state index contributed by atoms with van der Waals surface area (Å²) in [6.07, 6.45) is 3.23. The van der Waals surface area contributed by atoms with Gasteiger partial charge in [-0.25, -0.2) is 0 Å². The van der Waals surface area contributed by atoms with E-state index in [1.54, 1.807) is 19.3 Å². The summed E-state index contributed by atoms with van der Waals surface area (Å²) in [5, 5.41) is -0.291. The molecule has 2 amide bonds. The first-order valence-electron chi connectivity index (χ1n) is 8.44. The number of ether oxygens (including phenoxy) is 2. The molecule has 0 saturated carbocycles. The fourth-order valence-electron chi connectivity index (χ4n) is 2.63. The molecule has 0 bridgehead atoms. The van der Waals surface area contributed by atoms with Gasteiger partial charge in [-0.05, 0) is 63.7 Å². The van der Waals surface area contributed by atoms with Crippen LogP contribution in [-0.2, 0) is 11.4 Å². The molecule has 28 heavy (non-hydrogen) atoms. The van der Waals surface area contributed by atoms with Gasteiger partial charge in [-0.2, -0.15) is 0 Å². The number of hydrogen-bond donors (Lipinski definition) is 0. The van der Waals surface area contributed by atoms with Crippen LogP contribution in [0.1, 0.15) is 11.1 Å². The summed E-state index contributed by atoms with van der Waals surface area (Å²) in [7, 11) is 1.57. The highest BCUT2D eigenvalue weighted by Gasteiger charge is 2.34. The zero-order chi connectivity index (χ0) is 20.1. The molecule has 1 aliphatic heterocycles. The van der Waals surface area contributed by atoms with E-state index in [2.05, 4.69) is 29.2 Å². The highest BCUT2D eigenvalue weighted by Crippen LogP contribution is 2.37. The van der Waals surface area contributed by atoms with Crippen molar-refractivity contribution in [1.29, 1.82) is 0 Å². The highest BCUT2D eigenvalue weighted by atomic mass is 127. The third-order valence-corrected chi connectivity index (χ3v) is 5.67. The van der Waals surface area contributed by atoms with Gasteiger partial charge in [0, 0.05) is 6.54 Å². The fraction of sp³-hybridized carbons (Fsp3) is 0.143. The molecule has 7 heteroatoms. The van der Waals surface area contributed by atoms with Crippen molar-refractivity contribution in [2.45, 2.75) is 6.61 Å². The quantitative estimate of drug-likeness (QED) is 0.297. The first kappa shape index (κ1) is 20.5. The Labute approximate surface area is 181 Å². The summed E-state index contributed by atoms with van der Waals surface area (Å²) in [6.45, 7) is 4.21. The molecule has 0 radical (unpaired) electrons. The maximum atomic E-state index is 12.4. The molecule has 0 aliphatic carbocycles. The van der Waals surface area contributed by atoms with Crippen molar-refractivity contribution in [1.82, 2.24) is 4.90 Å². The van der Waals surface area contributed by atoms with Gasteiger partial charge in [0.1, 0.15) is 6.61 Å². The number of methoxy groups -OCH3 is 1. The maximum absolute atomic E-state index is 12.4. The Morgan fingerprint density at radius 1 is 1.21 bits per heavy atom. The predicted molar refractivity (Wildman–Crippen MR) is 119 cm³/mol. The van der Waals surface area contributed by atoms with Gasteiger partial charge >= 0.3 is 0 Å². The number of carbonyl (C=O) groups excluding carboxylic acids is 2. The van der Waals surface area contributed by atoms with Crippen LogP contribution in [0.3, 0.4) is 0 Å². The van der Waals surface area contributed by atoms with E-state index in [0.29, 0.717) is 23.0 Å². The van der Waals surface area contributed by atoms with Crippen molar-refractivity contribution in [3.05, 3.63) is 74.7 Å². The number of carbonyl (C=O) groups is 2. The lowest BCUT2D eigenvalue weighted by molar-refractivity contribution is -0.122. The van der Waals surface area contributed by atoms with Gasteiger partial charge in [-0.15, -0.1) is 6.58 Å². The maximum Gasteiger partial charge on any atom is 0.293 e. The lowest BCUT2D eigenvalue weighted by Gasteiger charge is -2.14. The number of thioether (sulfide) groups is 1. The van der Waals surface area contributed by atoms with Crippen LogP contribution in [0.5, 0.6) is 11.5 Å². The Morgan fingerprint density at radius 2 is 1.96 bits per heavy atom.